The van der Waals surface area contributed by atoms with Crippen LogP contribution < -0.4 is 25.0 Å². The third-order valence-corrected chi connectivity index (χ3v) is 8.69. The van der Waals surface area contributed by atoms with E-state index in [1.807, 2.05) is 24.0 Å². The molecule has 2 heterocycles. The van der Waals surface area contributed by atoms with Gasteiger partial charge in [-0.3, -0.25) is 14.5 Å². The number of rotatable bonds is 14. The van der Waals surface area contributed by atoms with Crippen LogP contribution in [0.5, 0.6) is 11.6 Å². The molecular formula is C33H38Cl3N5O4. The molecule has 45 heavy (non-hydrogen) atoms. The fourth-order valence-electron chi connectivity index (χ4n) is 5.36. The Morgan fingerprint density at radius 2 is 1.82 bits per heavy atom. The van der Waals surface area contributed by atoms with E-state index in [-0.39, 0.29) is 37.6 Å². The number of aromatic nitrogens is 1. The van der Waals surface area contributed by atoms with E-state index in [2.05, 4.69) is 28.6 Å². The molecule has 0 bridgehead atoms. The van der Waals surface area contributed by atoms with Crippen LogP contribution in [0.2, 0.25) is 15.1 Å². The summed E-state index contributed by atoms with van der Waals surface area (Å²) in [7, 11) is 0. The lowest BCUT2D eigenvalue weighted by atomic mass is 10.1. The molecule has 2 N–H and O–H groups in total. The van der Waals surface area contributed by atoms with Gasteiger partial charge in [-0.15, -0.1) is 0 Å². The highest BCUT2D eigenvalue weighted by molar-refractivity contribution is 6.37. The van der Waals surface area contributed by atoms with Crippen molar-refractivity contribution in [2.75, 3.05) is 44.3 Å². The predicted molar refractivity (Wildman–Crippen MR) is 178 cm³/mol. The number of carbonyl (C=O) groups is 2. The van der Waals surface area contributed by atoms with E-state index in [4.69, 9.17) is 44.3 Å². The number of nitrogens with one attached hydrogen (secondary N) is 2. The Hall–Kier alpha value is -3.08. The average molecular weight is 675 g/mol. The number of piperazine rings is 1. The minimum atomic E-state index is -0.714. The number of hydrogen-bond donors (Lipinski definition) is 2. The zero-order chi connectivity index (χ0) is 31.9. The van der Waals surface area contributed by atoms with E-state index in [0.717, 1.165) is 49.0 Å². The van der Waals surface area contributed by atoms with Crippen molar-refractivity contribution in [1.82, 2.24) is 20.5 Å². The van der Waals surface area contributed by atoms with Gasteiger partial charge in [0, 0.05) is 30.2 Å². The smallest absolute Gasteiger partial charge is 0.247 e. The van der Waals surface area contributed by atoms with Gasteiger partial charge in [-0.1, -0.05) is 53.9 Å². The van der Waals surface area contributed by atoms with Gasteiger partial charge >= 0.3 is 0 Å². The van der Waals surface area contributed by atoms with Gasteiger partial charge in [-0.2, -0.15) is 0 Å². The molecule has 1 atom stereocenters. The summed E-state index contributed by atoms with van der Waals surface area (Å²) in [6, 6.07) is 12.4. The zero-order valence-electron chi connectivity index (χ0n) is 25.5. The van der Waals surface area contributed by atoms with Gasteiger partial charge in [-0.25, -0.2) is 4.98 Å². The van der Waals surface area contributed by atoms with Gasteiger partial charge in [0.2, 0.25) is 17.7 Å². The van der Waals surface area contributed by atoms with E-state index in [1.165, 1.54) is 0 Å². The molecule has 1 saturated carbocycles. The number of ether oxygens (including phenoxy) is 2. The SMILES string of the molecule is CCNCCc1ccc(Cl)c(CN(C(=O)[C@H]2CNCC(=O)N2c2ccc(OCCOc3c(Cl)cc(C)cc3Cl)nc2)C2CC2)c1. The molecule has 12 heteroatoms. The van der Waals surface area contributed by atoms with Crippen LogP contribution in [-0.4, -0.2) is 73.2 Å². The average Bonchev–Trinajstić information content (AvgIpc) is 3.86. The van der Waals surface area contributed by atoms with E-state index in [1.54, 1.807) is 35.4 Å². The minimum absolute atomic E-state index is 0.113. The summed E-state index contributed by atoms with van der Waals surface area (Å²) in [4.78, 5) is 35.1. The van der Waals surface area contributed by atoms with Crippen LogP contribution in [-0.2, 0) is 22.6 Å². The lowest BCUT2D eigenvalue weighted by Crippen LogP contribution is -2.61. The molecule has 1 aliphatic heterocycles. The second-order valence-corrected chi connectivity index (χ2v) is 12.5. The van der Waals surface area contributed by atoms with Crippen molar-refractivity contribution in [3.05, 3.63) is 80.4 Å². The Balaban J connectivity index is 1.24. The summed E-state index contributed by atoms with van der Waals surface area (Å²) < 4.78 is 11.5. The first-order valence-electron chi connectivity index (χ1n) is 15.2. The normalized spacial score (nSPS) is 16.5. The molecule has 240 valence electrons. The highest BCUT2D eigenvalue weighted by Gasteiger charge is 2.41. The molecule has 2 aliphatic rings. The molecule has 2 fully saturated rings. The topological polar surface area (TPSA) is 96.0 Å². The number of halogens is 3. The highest BCUT2D eigenvalue weighted by atomic mass is 35.5. The molecule has 1 aromatic heterocycles. The number of likely N-dealkylation sites (N-methyl/N-ethyl adjacent to an activating group) is 1. The van der Waals surface area contributed by atoms with Crippen LogP contribution in [0.1, 0.15) is 36.5 Å². The molecule has 2 aromatic carbocycles. The second kappa shape index (κ2) is 15.5. The number of pyridine rings is 1. The van der Waals surface area contributed by atoms with Gasteiger partial charge in [0.25, 0.3) is 0 Å². The van der Waals surface area contributed by atoms with E-state index in [9.17, 15) is 9.59 Å². The Labute approximate surface area is 279 Å². The molecule has 5 rings (SSSR count). The third-order valence-electron chi connectivity index (χ3n) is 7.76. The summed E-state index contributed by atoms with van der Waals surface area (Å²) in [5.74, 6) is 0.452. The maximum absolute atomic E-state index is 14.1. The van der Waals surface area contributed by atoms with Gasteiger partial charge < -0.3 is 25.0 Å². The first kappa shape index (κ1) is 33.3. The van der Waals surface area contributed by atoms with E-state index < -0.39 is 6.04 Å². The second-order valence-electron chi connectivity index (χ2n) is 11.2. The largest absolute Gasteiger partial charge is 0.487 e. The molecule has 9 nitrogen and oxygen atoms in total. The molecular weight excluding hydrogens is 637 g/mol. The number of aryl methyl sites for hydroxylation is 1. The predicted octanol–water partition coefficient (Wildman–Crippen LogP) is 5.46. The maximum atomic E-state index is 14.1. The van der Waals surface area contributed by atoms with Crippen LogP contribution >= 0.6 is 34.8 Å². The lowest BCUT2D eigenvalue weighted by molar-refractivity contribution is -0.136. The van der Waals surface area contributed by atoms with Crippen LogP contribution in [0, 0.1) is 6.92 Å². The van der Waals surface area contributed by atoms with Crippen molar-refractivity contribution in [1.29, 1.82) is 0 Å². The Kier molecular flexibility index (Phi) is 11.4. The molecule has 3 aromatic rings. The number of benzene rings is 2. The van der Waals surface area contributed by atoms with Crippen molar-refractivity contribution >= 4 is 52.3 Å². The van der Waals surface area contributed by atoms with Crippen LogP contribution in [0.15, 0.2) is 48.7 Å². The first-order chi connectivity index (χ1) is 21.7. The number of nitrogens with zero attached hydrogens (tertiary/aromatic N) is 3. The summed E-state index contributed by atoms with van der Waals surface area (Å²) in [6.45, 7) is 7.04. The monoisotopic (exact) mass is 673 g/mol. The van der Waals surface area contributed by atoms with Crippen molar-refractivity contribution in [3.63, 3.8) is 0 Å². The fourth-order valence-corrected chi connectivity index (χ4v) is 6.25. The molecule has 0 radical (unpaired) electrons. The van der Waals surface area contributed by atoms with Crippen LogP contribution in [0.4, 0.5) is 5.69 Å². The zero-order valence-corrected chi connectivity index (χ0v) is 27.7. The lowest BCUT2D eigenvalue weighted by Gasteiger charge is -2.38. The van der Waals surface area contributed by atoms with Crippen LogP contribution in [0.25, 0.3) is 0 Å². The van der Waals surface area contributed by atoms with Gasteiger partial charge in [-0.05, 0) is 80.2 Å². The van der Waals surface area contributed by atoms with Gasteiger partial charge in [0.05, 0.1) is 28.5 Å². The van der Waals surface area contributed by atoms with E-state index >= 15 is 0 Å². The number of amides is 2. The Bertz CT molecular complexity index is 1480. The Morgan fingerprint density at radius 3 is 2.51 bits per heavy atom. The standard InChI is InChI=1S/C33H38Cl3N5O4/c1-3-37-11-10-22-4-8-26(34)23(16-22)20-40(24-5-6-24)33(43)29-18-38-19-31(42)41(29)25-7-9-30(39-17-25)44-12-13-45-32-27(35)14-21(2)15-28(32)36/h4,7-9,14-17,24,29,37-38H,3,5-6,10-13,18-20H2,1-2H3/t29-/m1/s1. The molecule has 1 aliphatic carbocycles. The van der Waals surface area contributed by atoms with Crippen molar-refractivity contribution in [2.45, 2.75) is 51.7 Å². The van der Waals surface area contributed by atoms with Crippen molar-refractivity contribution < 1.29 is 19.1 Å². The summed E-state index contributed by atoms with van der Waals surface area (Å²) >= 11 is 19.1. The highest BCUT2D eigenvalue weighted by Crippen LogP contribution is 2.34. The summed E-state index contributed by atoms with van der Waals surface area (Å²) in [6.07, 6.45) is 4.29. The fraction of sp³-hybridized carbons (Fsp3) is 0.424. The number of anilines is 1. The molecule has 0 unspecified atom stereocenters. The number of hydrogen-bond acceptors (Lipinski definition) is 7. The molecule has 1 saturated heterocycles. The summed E-state index contributed by atoms with van der Waals surface area (Å²) in [5.41, 5.74) is 3.54. The minimum Gasteiger partial charge on any atom is -0.487 e. The van der Waals surface area contributed by atoms with E-state index in [0.29, 0.717) is 45.5 Å². The quantitative estimate of drug-likeness (QED) is 0.220. The van der Waals surface area contributed by atoms with Crippen molar-refractivity contribution in [3.8, 4) is 11.6 Å². The Morgan fingerprint density at radius 1 is 1.07 bits per heavy atom. The van der Waals surface area contributed by atoms with Gasteiger partial charge in [0.15, 0.2) is 5.75 Å². The maximum Gasteiger partial charge on any atom is 0.247 e. The molecule has 0 spiro atoms. The van der Waals surface area contributed by atoms with Crippen LogP contribution in [0.3, 0.4) is 0 Å². The molecule has 2 amide bonds. The first-order valence-corrected chi connectivity index (χ1v) is 16.4. The number of carbonyl (C=O) groups excluding carboxylic acids is 2. The summed E-state index contributed by atoms with van der Waals surface area (Å²) in [5, 5.41) is 7.96. The van der Waals surface area contributed by atoms with Crippen molar-refractivity contribution in [2.24, 2.45) is 0 Å². The third kappa shape index (κ3) is 8.60. The van der Waals surface area contributed by atoms with Gasteiger partial charge in [0.1, 0.15) is 19.3 Å².